The highest BCUT2D eigenvalue weighted by Gasteiger charge is 2.10. The van der Waals surface area contributed by atoms with Crippen LogP contribution in [0.2, 0.25) is 0 Å². The van der Waals surface area contributed by atoms with Gasteiger partial charge >= 0.3 is 0 Å². The Hall–Kier alpha value is -1.46. The first-order valence-electron chi connectivity index (χ1n) is 6.87. The van der Waals surface area contributed by atoms with Gasteiger partial charge in [0.05, 0.1) is 24.7 Å². The topological polar surface area (TPSA) is 50.3 Å². The molecule has 1 N–H and O–H groups in total. The highest BCUT2D eigenvalue weighted by Crippen LogP contribution is 2.09. The van der Waals surface area contributed by atoms with Gasteiger partial charge in [0.1, 0.15) is 5.82 Å². The summed E-state index contributed by atoms with van der Waals surface area (Å²) in [7, 11) is 1.69. The van der Waals surface area contributed by atoms with Crippen molar-refractivity contribution in [3.05, 3.63) is 30.7 Å². The van der Waals surface area contributed by atoms with Crippen LogP contribution in [0.25, 0.3) is 0 Å². The summed E-state index contributed by atoms with van der Waals surface area (Å²) in [5.41, 5.74) is 1.02. The summed E-state index contributed by atoms with van der Waals surface area (Å²) >= 11 is 0. The van der Waals surface area contributed by atoms with Crippen molar-refractivity contribution in [1.29, 1.82) is 0 Å². The fraction of sp³-hybridized carbons (Fsp3) is 0.600. The Morgan fingerprint density at radius 3 is 2.60 bits per heavy atom. The number of nitrogens with one attached hydrogen (secondary N) is 1. The number of aromatic nitrogens is 2. The molecule has 0 aliphatic heterocycles. The highest BCUT2D eigenvalue weighted by molar-refractivity contribution is 5.36. The maximum Gasteiger partial charge on any atom is 0.147 e. The molecule has 112 valence electrons. The summed E-state index contributed by atoms with van der Waals surface area (Å²) in [4.78, 5) is 11.0. The van der Waals surface area contributed by atoms with Gasteiger partial charge < -0.3 is 15.0 Å². The van der Waals surface area contributed by atoms with E-state index in [0.717, 1.165) is 31.1 Å². The molecule has 0 fully saturated rings. The first kappa shape index (κ1) is 16.6. The lowest BCUT2D eigenvalue weighted by molar-refractivity contribution is 0.205. The third-order valence-electron chi connectivity index (χ3n) is 2.73. The fourth-order valence-corrected chi connectivity index (χ4v) is 1.61. The van der Waals surface area contributed by atoms with Crippen molar-refractivity contribution in [2.75, 3.05) is 31.7 Å². The average Bonchev–Trinajstić information content (AvgIpc) is 2.41. The second kappa shape index (κ2) is 7.97. The van der Waals surface area contributed by atoms with Crippen LogP contribution in [0.1, 0.15) is 26.5 Å². The van der Waals surface area contributed by atoms with Crippen LogP contribution >= 0.6 is 0 Å². The molecule has 0 aromatic carbocycles. The molecule has 0 radical (unpaired) electrons. The van der Waals surface area contributed by atoms with Crippen molar-refractivity contribution in [2.45, 2.75) is 32.9 Å². The molecule has 5 nitrogen and oxygen atoms in total. The Morgan fingerprint density at radius 1 is 1.35 bits per heavy atom. The summed E-state index contributed by atoms with van der Waals surface area (Å²) in [5.74, 6) is 0.849. The fourth-order valence-electron chi connectivity index (χ4n) is 1.61. The SMILES string of the molecule is C=CCN(CCOC)c1cnc(CNC(C)(C)C)cn1. The van der Waals surface area contributed by atoms with E-state index in [1.807, 2.05) is 12.3 Å². The van der Waals surface area contributed by atoms with E-state index in [-0.39, 0.29) is 5.54 Å². The van der Waals surface area contributed by atoms with Crippen LogP contribution in [0.5, 0.6) is 0 Å². The summed E-state index contributed by atoms with van der Waals surface area (Å²) in [6.07, 6.45) is 5.47. The first-order valence-corrected chi connectivity index (χ1v) is 6.87. The molecular formula is C15H26N4O. The molecule has 0 atom stereocenters. The lowest BCUT2D eigenvalue weighted by Crippen LogP contribution is -2.35. The molecule has 0 saturated heterocycles. The Bertz CT molecular complexity index is 397. The number of nitrogens with zero attached hydrogens (tertiary/aromatic N) is 3. The molecule has 5 heteroatoms. The number of hydrogen-bond donors (Lipinski definition) is 1. The molecule has 0 saturated carbocycles. The van der Waals surface area contributed by atoms with Gasteiger partial charge in [-0.2, -0.15) is 0 Å². The summed E-state index contributed by atoms with van der Waals surface area (Å²) in [6, 6.07) is 0. The van der Waals surface area contributed by atoms with Crippen LogP contribution in [-0.2, 0) is 11.3 Å². The Labute approximate surface area is 122 Å². The van der Waals surface area contributed by atoms with Gasteiger partial charge in [-0.25, -0.2) is 4.98 Å². The smallest absolute Gasteiger partial charge is 0.147 e. The van der Waals surface area contributed by atoms with Crippen molar-refractivity contribution < 1.29 is 4.74 Å². The lowest BCUT2D eigenvalue weighted by Gasteiger charge is -2.22. The molecule has 20 heavy (non-hydrogen) atoms. The normalized spacial score (nSPS) is 11.4. The van der Waals surface area contributed by atoms with Gasteiger partial charge in [-0.15, -0.1) is 6.58 Å². The molecule has 1 aromatic rings. The Morgan fingerprint density at radius 2 is 2.10 bits per heavy atom. The average molecular weight is 278 g/mol. The van der Waals surface area contributed by atoms with Crippen LogP contribution in [0.15, 0.2) is 25.0 Å². The molecular weight excluding hydrogens is 252 g/mol. The molecule has 0 spiro atoms. The molecule has 1 aromatic heterocycles. The standard InChI is InChI=1S/C15H26N4O/c1-6-7-19(8-9-20-5)14-12-16-13(10-17-14)11-18-15(2,3)4/h6,10,12,18H,1,7-9,11H2,2-5H3. The zero-order valence-electron chi connectivity index (χ0n) is 13.0. The second-order valence-corrected chi connectivity index (χ2v) is 5.70. The second-order valence-electron chi connectivity index (χ2n) is 5.70. The van der Waals surface area contributed by atoms with Crippen LogP contribution in [0.4, 0.5) is 5.82 Å². The number of anilines is 1. The first-order chi connectivity index (χ1) is 9.46. The van der Waals surface area contributed by atoms with Crippen LogP contribution in [0, 0.1) is 0 Å². The number of rotatable bonds is 8. The molecule has 0 amide bonds. The van der Waals surface area contributed by atoms with E-state index in [1.54, 1.807) is 13.3 Å². The minimum atomic E-state index is 0.0771. The number of methoxy groups -OCH3 is 1. The van der Waals surface area contributed by atoms with Gasteiger partial charge in [0.2, 0.25) is 0 Å². The number of ether oxygens (including phenoxy) is 1. The molecule has 0 aliphatic carbocycles. The van der Waals surface area contributed by atoms with Gasteiger partial charge in [0, 0.05) is 32.3 Å². The maximum atomic E-state index is 5.11. The van der Waals surface area contributed by atoms with E-state index in [4.69, 9.17) is 4.74 Å². The zero-order valence-corrected chi connectivity index (χ0v) is 13.0. The quantitative estimate of drug-likeness (QED) is 0.737. The van der Waals surface area contributed by atoms with Crippen LogP contribution in [0.3, 0.4) is 0 Å². The third kappa shape index (κ3) is 6.12. The predicted octanol–water partition coefficient (Wildman–Crippen LogP) is 2.00. The van der Waals surface area contributed by atoms with Crippen molar-refractivity contribution in [3.63, 3.8) is 0 Å². The molecule has 1 heterocycles. The maximum absolute atomic E-state index is 5.11. The van der Waals surface area contributed by atoms with Crippen LogP contribution in [-0.4, -0.2) is 42.3 Å². The number of hydrogen-bond acceptors (Lipinski definition) is 5. The van der Waals surface area contributed by atoms with Crippen molar-refractivity contribution in [2.24, 2.45) is 0 Å². The minimum Gasteiger partial charge on any atom is -0.383 e. The van der Waals surface area contributed by atoms with Crippen LogP contribution < -0.4 is 10.2 Å². The van der Waals surface area contributed by atoms with E-state index in [1.165, 1.54) is 0 Å². The van der Waals surface area contributed by atoms with Gasteiger partial charge in [-0.05, 0) is 20.8 Å². The minimum absolute atomic E-state index is 0.0771. The highest BCUT2D eigenvalue weighted by atomic mass is 16.5. The van der Waals surface area contributed by atoms with E-state index in [9.17, 15) is 0 Å². The molecule has 1 rings (SSSR count). The molecule has 0 unspecified atom stereocenters. The third-order valence-corrected chi connectivity index (χ3v) is 2.73. The molecule has 0 aliphatic rings. The van der Waals surface area contributed by atoms with E-state index >= 15 is 0 Å². The molecule has 0 bridgehead atoms. The zero-order chi connectivity index (χ0) is 15.0. The Balaban J connectivity index is 2.65. The van der Waals surface area contributed by atoms with Crippen molar-refractivity contribution in [1.82, 2.24) is 15.3 Å². The van der Waals surface area contributed by atoms with E-state index < -0.39 is 0 Å². The summed E-state index contributed by atoms with van der Waals surface area (Å²) in [6.45, 7) is 13.0. The van der Waals surface area contributed by atoms with Gasteiger partial charge in [0.25, 0.3) is 0 Å². The van der Waals surface area contributed by atoms with Gasteiger partial charge in [0.15, 0.2) is 0 Å². The lowest BCUT2D eigenvalue weighted by atomic mass is 10.1. The van der Waals surface area contributed by atoms with Crippen molar-refractivity contribution in [3.8, 4) is 0 Å². The van der Waals surface area contributed by atoms with Crippen molar-refractivity contribution >= 4 is 5.82 Å². The predicted molar refractivity (Wildman–Crippen MR) is 82.9 cm³/mol. The Kier molecular flexibility index (Phi) is 6.61. The van der Waals surface area contributed by atoms with E-state index in [2.05, 4.69) is 47.5 Å². The largest absolute Gasteiger partial charge is 0.383 e. The van der Waals surface area contributed by atoms with Gasteiger partial charge in [-0.1, -0.05) is 6.08 Å². The monoisotopic (exact) mass is 278 g/mol. The van der Waals surface area contributed by atoms with E-state index in [0.29, 0.717) is 6.61 Å². The van der Waals surface area contributed by atoms with Gasteiger partial charge in [-0.3, -0.25) is 4.98 Å². The summed E-state index contributed by atoms with van der Waals surface area (Å²) in [5, 5.41) is 3.39. The summed E-state index contributed by atoms with van der Waals surface area (Å²) < 4.78 is 5.11.